The lowest BCUT2D eigenvalue weighted by atomic mass is 10.1. The molecule has 2 aromatic carbocycles. The summed E-state index contributed by atoms with van der Waals surface area (Å²) in [5.41, 5.74) is 0.772. The van der Waals surface area contributed by atoms with E-state index in [0.717, 1.165) is 6.07 Å². The average Bonchev–Trinajstić information content (AvgIpc) is 2.44. The van der Waals surface area contributed by atoms with Gasteiger partial charge in [0.1, 0.15) is 11.6 Å². The zero-order valence-electron chi connectivity index (χ0n) is 10.5. The third-order valence-electron chi connectivity index (χ3n) is 2.82. The highest BCUT2D eigenvalue weighted by Gasteiger charge is 2.08. The maximum Gasteiger partial charge on any atom is 0.251 e. The molecule has 0 unspecified atom stereocenters. The Morgan fingerprint density at radius 1 is 1.10 bits per heavy atom. The molecule has 0 aliphatic rings. The first kappa shape index (κ1) is 14.7. The SMILES string of the molecule is O=C(NCCc1ccccc1F)c1ccc(Br)c(F)c1. The number of nitrogens with one attached hydrogen (secondary N) is 1. The number of benzene rings is 2. The molecule has 0 aromatic heterocycles. The molecule has 5 heteroatoms. The van der Waals surface area contributed by atoms with Crippen molar-refractivity contribution in [1.82, 2.24) is 5.32 Å². The maximum atomic E-state index is 13.4. The van der Waals surface area contributed by atoms with Gasteiger partial charge in [0.05, 0.1) is 4.47 Å². The summed E-state index contributed by atoms with van der Waals surface area (Å²) in [5, 5.41) is 2.63. The molecule has 2 nitrogen and oxygen atoms in total. The van der Waals surface area contributed by atoms with Crippen LogP contribution in [0.1, 0.15) is 15.9 Å². The second kappa shape index (κ2) is 6.61. The summed E-state index contributed by atoms with van der Waals surface area (Å²) in [6, 6.07) is 10.5. The van der Waals surface area contributed by atoms with E-state index in [2.05, 4.69) is 21.2 Å². The van der Waals surface area contributed by atoms with Crippen LogP contribution in [0.5, 0.6) is 0 Å². The van der Waals surface area contributed by atoms with Crippen molar-refractivity contribution < 1.29 is 13.6 Å². The van der Waals surface area contributed by atoms with Crippen molar-refractivity contribution in [1.29, 1.82) is 0 Å². The predicted molar refractivity (Wildman–Crippen MR) is 76.5 cm³/mol. The first-order chi connectivity index (χ1) is 9.58. The number of hydrogen-bond donors (Lipinski definition) is 1. The molecular weight excluding hydrogens is 328 g/mol. The van der Waals surface area contributed by atoms with Crippen LogP contribution in [0.3, 0.4) is 0 Å². The first-order valence-electron chi connectivity index (χ1n) is 6.04. The van der Waals surface area contributed by atoms with E-state index in [-0.39, 0.29) is 23.8 Å². The summed E-state index contributed by atoms with van der Waals surface area (Å²) in [6.07, 6.45) is 0.386. The van der Waals surface area contributed by atoms with Gasteiger partial charge in [-0.05, 0) is 52.2 Å². The van der Waals surface area contributed by atoms with Crippen molar-refractivity contribution in [2.45, 2.75) is 6.42 Å². The van der Waals surface area contributed by atoms with Crippen molar-refractivity contribution in [3.63, 3.8) is 0 Å². The monoisotopic (exact) mass is 339 g/mol. The number of carbonyl (C=O) groups excluding carboxylic acids is 1. The lowest BCUT2D eigenvalue weighted by Crippen LogP contribution is -2.26. The van der Waals surface area contributed by atoms with Gasteiger partial charge in [-0.15, -0.1) is 0 Å². The highest BCUT2D eigenvalue weighted by atomic mass is 79.9. The van der Waals surface area contributed by atoms with Gasteiger partial charge in [0.2, 0.25) is 0 Å². The average molecular weight is 340 g/mol. The van der Waals surface area contributed by atoms with Crippen LogP contribution in [0.4, 0.5) is 8.78 Å². The Labute approximate surface area is 123 Å². The second-order valence-corrected chi connectivity index (χ2v) is 5.08. The molecular formula is C15H12BrF2NO. The smallest absolute Gasteiger partial charge is 0.251 e. The molecule has 0 bridgehead atoms. The molecule has 0 heterocycles. The molecule has 0 aliphatic carbocycles. The molecule has 1 amide bonds. The number of hydrogen-bond acceptors (Lipinski definition) is 1. The van der Waals surface area contributed by atoms with Crippen LogP contribution in [0.25, 0.3) is 0 Å². The molecule has 0 spiro atoms. The van der Waals surface area contributed by atoms with E-state index >= 15 is 0 Å². The fourth-order valence-electron chi connectivity index (χ4n) is 1.75. The topological polar surface area (TPSA) is 29.1 Å². The highest BCUT2D eigenvalue weighted by Crippen LogP contribution is 2.16. The summed E-state index contributed by atoms with van der Waals surface area (Å²) < 4.78 is 27.0. The highest BCUT2D eigenvalue weighted by molar-refractivity contribution is 9.10. The third-order valence-corrected chi connectivity index (χ3v) is 3.46. The van der Waals surface area contributed by atoms with Crippen molar-refractivity contribution in [3.8, 4) is 0 Å². The van der Waals surface area contributed by atoms with Crippen LogP contribution < -0.4 is 5.32 Å². The first-order valence-corrected chi connectivity index (χ1v) is 6.84. The lowest BCUT2D eigenvalue weighted by molar-refractivity contribution is 0.0953. The van der Waals surface area contributed by atoms with Crippen LogP contribution in [-0.2, 0) is 6.42 Å². The quantitative estimate of drug-likeness (QED) is 0.904. The van der Waals surface area contributed by atoms with E-state index in [1.165, 1.54) is 18.2 Å². The molecule has 0 atom stereocenters. The normalized spacial score (nSPS) is 10.3. The molecule has 0 saturated heterocycles. The van der Waals surface area contributed by atoms with E-state index in [4.69, 9.17) is 0 Å². The minimum absolute atomic E-state index is 0.235. The summed E-state index contributed by atoms with van der Waals surface area (Å²) in [7, 11) is 0. The summed E-state index contributed by atoms with van der Waals surface area (Å²) in [5.74, 6) is -1.17. The Hall–Kier alpha value is -1.75. The Kier molecular flexibility index (Phi) is 4.84. The van der Waals surface area contributed by atoms with Gasteiger partial charge >= 0.3 is 0 Å². The summed E-state index contributed by atoms with van der Waals surface area (Å²) in [4.78, 5) is 11.8. The molecule has 2 aromatic rings. The van der Waals surface area contributed by atoms with Gasteiger partial charge in [0, 0.05) is 12.1 Å². The van der Waals surface area contributed by atoms with Gasteiger partial charge in [0.15, 0.2) is 0 Å². The maximum absolute atomic E-state index is 13.4. The van der Waals surface area contributed by atoms with E-state index in [9.17, 15) is 13.6 Å². The number of halogens is 3. The van der Waals surface area contributed by atoms with Crippen molar-refractivity contribution in [2.24, 2.45) is 0 Å². The Morgan fingerprint density at radius 3 is 2.55 bits per heavy atom. The minimum atomic E-state index is -0.494. The molecule has 0 saturated carbocycles. The van der Waals surface area contributed by atoms with Gasteiger partial charge in [-0.25, -0.2) is 8.78 Å². The molecule has 1 N–H and O–H groups in total. The third kappa shape index (κ3) is 3.63. The van der Waals surface area contributed by atoms with Crippen molar-refractivity contribution in [2.75, 3.05) is 6.54 Å². The van der Waals surface area contributed by atoms with Gasteiger partial charge in [0.25, 0.3) is 5.91 Å². The van der Waals surface area contributed by atoms with E-state index < -0.39 is 5.82 Å². The minimum Gasteiger partial charge on any atom is -0.352 e. The number of amides is 1. The van der Waals surface area contributed by atoms with Crippen LogP contribution in [0.2, 0.25) is 0 Å². The van der Waals surface area contributed by atoms with E-state index in [0.29, 0.717) is 16.5 Å². The van der Waals surface area contributed by atoms with Gasteiger partial charge < -0.3 is 5.32 Å². The second-order valence-electron chi connectivity index (χ2n) is 4.23. The molecule has 104 valence electrons. The van der Waals surface area contributed by atoms with Gasteiger partial charge in [-0.3, -0.25) is 4.79 Å². The standard InChI is InChI=1S/C15H12BrF2NO/c16-12-6-5-11(9-14(12)18)15(20)19-8-7-10-3-1-2-4-13(10)17/h1-6,9H,7-8H2,(H,19,20). The van der Waals surface area contributed by atoms with Crippen LogP contribution in [0.15, 0.2) is 46.9 Å². The van der Waals surface area contributed by atoms with E-state index in [1.807, 2.05) is 0 Å². The largest absolute Gasteiger partial charge is 0.352 e. The van der Waals surface area contributed by atoms with Crippen molar-refractivity contribution in [3.05, 3.63) is 69.7 Å². The molecule has 0 fully saturated rings. The Morgan fingerprint density at radius 2 is 1.85 bits per heavy atom. The Balaban J connectivity index is 1.92. The predicted octanol–water partition coefficient (Wildman–Crippen LogP) is 3.70. The lowest BCUT2D eigenvalue weighted by Gasteiger charge is -2.06. The zero-order chi connectivity index (χ0) is 14.5. The summed E-state index contributed by atoms with van der Waals surface area (Å²) >= 11 is 3.02. The fraction of sp³-hybridized carbons (Fsp3) is 0.133. The van der Waals surface area contributed by atoms with Crippen molar-refractivity contribution >= 4 is 21.8 Å². The Bertz CT molecular complexity index is 631. The van der Waals surface area contributed by atoms with Crippen LogP contribution in [-0.4, -0.2) is 12.5 Å². The zero-order valence-corrected chi connectivity index (χ0v) is 12.1. The molecule has 20 heavy (non-hydrogen) atoms. The van der Waals surface area contributed by atoms with E-state index in [1.54, 1.807) is 18.2 Å². The van der Waals surface area contributed by atoms with Gasteiger partial charge in [-0.1, -0.05) is 18.2 Å². The van der Waals surface area contributed by atoms with Gasteiger partial charge in [-0.2, -0.15) is 0 Å². The molecule has 0 aliphatic heterocycles. The van der Waals surface area contributed by atoms with Crippen LogP contribution in [0, 0.1) is 11.6 Å². The summed E-state index contributed by atoms with van der Waals surface area (Å²) in [6.45, 7) is 0.289. The van der Waals surface area contributed by atoms with Crippen LogP contribution >= 0.6 is 15.9 Å². The molecule has 2 rings (SSSR count). The molecule has 0 radical (unpaired) electrons. The fourth-order valence-corrected chi connectivity index (χ4v) is 2.00. The number of carbonyl (C=O) groups is 1. The number of rotatable bonds is 4.